The summed E-state index contributed by atoms with van der Waals surface area (Å²) in [6.07, 6.45) is -4.66. The number of benzene rings is 1. The Morgan fingerprint density at radius 1 is 1.22 bits per heavy atom. The minimum atomic E-state index is -4.57. The quantitative estimate of drug-likeness (QED) is 0.633. The number of anilines is 2. The first-order chi connectivity index (χ1) is 12.7. The summed E-state index contributed by atoms with van der Waals surface area (Å²) in [5, 5.41) is 8.77. The molecule has 0 fully saturated rings. The molecule has 3 rings (SSSR count). The van der Waals surface area contributed by atoms with Crippen LogP contribution in [-0.4, -0.2) is 25.0 Å². The zero-order valence-electron chi connectivity index (χ0n) is 14.5. The van der Waals surface area contributed by atoms with Crippen molar-refractivity contribution in [3.63, 3.8) is 0 Å². The molecule has 0 atom stereocenters. The number of alkyl halides is 3. The van der Waals surface area contributed by atoms with Crippen LogP contribution in [0, 0.1) is 0 Å². The Hall–Kier alpha value is -2.39. The van der Waals surface area contributed by atoms with Gasteiger partial charge in [-0.25, -0.2) is 4.98 Å². The van der Waals surface area contributed by atoms with E-state index in [2.05, 4.69) is 10.3 Å². The second-order valence-electron chi connectivity index (χ2n) is 6.00. The molecule has 0 saturated heterocycles. The number of hydrogen-bond donors (Lipinski definition) is 1. The van der Waals surface area contributed by atoms with Gasteiger partial charge in [-0.05, 0) is 29.6 Å². The predicted molar refractivity (Wildman–Crippen MR) is 104 cm³/mol. The Balaban J connectivity index is 1.76. The molecular formula is C18H16F3N3OS2. The standard InChI is InChI=1S/C18H16F3N3OS2/c1-24(2)13-3-4-15(14(8-13)18(19,20)21)23-16(25)7-12-10-27-17(22-12)11-5-6-26-9-11/h3-6,8-10H,7H2,1-2H3,(H,23,25). The van der Waals surface area contributed by atoms with Crippen molar-refractivity contribution in [3.05, 3.63) is 51.7 Å². The molecule has 2 aromatic heterocycles. The predicted octanol–water partition coefficient (Wildman–Crippen LogP) is 5.14. The fourth-order valence-corrected chi connectivity index (χ4v) is 3.95. The highest BCUT2D eigenvalue weighted by molar-refractivity contribution is 7.14. The van der Waals surface area contributed by atoms with Crippen molar-refractivity contribution >= 4 is 40.0 Å². The molecule has 0 saturated carbocycles. The number of aromatic nitrogens is 1. The number of nitrogens with zero attached hydrogens (tertiary/aromatic N) is 2. The fourth-order valence-electron chi connectivity index (χ4n) is 2.42. The Labute approximate surface area is 162 Å². The Morgan fingerprint density at radius 2 is 2.00 bits per heavy atom. The second kappa shape index (κ2) is 7.69. The number of carbonyl (C=O) groups excluding carboxylic acids is 1. The average Bonchev–Trinajstić information content (AvgIpc) is 3.25. The Kier molecular flexibility index (Phi) is 5.52. The molecule has 1 amide bonds. The summed E-state index contributed by atoms with van der Waals surface area (Å²) in [5.41, 5.74) is 0.762. The first kappa shape index (κ1) is 19.4. The highest BCUT2D eigenvalue weighted by Gasteiger charge is 2.34. The maximum absolute atomic E-state index is 13.4. The van der Waals surface area contributed by atoms with Crippen molar-refractivity contribution in [2.24, 2.45) is 0 Å². The third-order valence-electron chi connectivity index (χ3n) is 3.76. The SMILES string of the molecule is CN(C)c1ccc(NC(=O)Cc2csc(-c3ccsc3)n2)c(C(F)(F)F)c1. The van der Waals surface area contributed by atoms with E-state index in [-0.39, 0.29) is 12.1 Å². The third-order valence-corrected chi connectivity index (χ3v) is 5.38. The van der Waals surface area contributed by atoms with Crippen LogP contribution < -0.4 is 10.2 Å². The van der Waals surface area contributed by atoms with Gasteiger partial charge < -0.3 is 10.2 Å². The first-order valence-corrected chi connectivity index (χ1v) is 9.71. The normalized spacial score (nSPS) is 11.4. The van der Waals surface area contributed by atoms with E-state index in [0.29, 0.717) is 11.4 Å². The number of hydrogen-bond acceptors (Lipinski definition) is 5. The average molecular weight is 411 g/mol. The number of amides is 1. The van der Waals surface area contributed by atoms with Gasteiger partial charge in [-0.1, -0.05) is 0 Å². The van der Waals surface area contributed by atoms with E-state index >= 15 is 0 Å². The van der Waals surface area contributed by atoms with E-state index in [1.165, 1.54) is 23.5 Å². The van der Waals surface area contributed by atoms with Crippen LogP contribution in [0.25, 0.3) is 10.6 Å². The summed E-state index contributed by atoms with van der Waals surface area (Å²) in [4.78, 5) is 18.2. The number of carbonyl (C=O) groups is 1. The van der Waals surface area contributed by atoms with Crippen LogP contribution in [0.3, 0.4) is 0 Å². The smallest absolute Gasteiger partial charge is 0.378 e. The van der Waals surface area contributed by atoms with Gasteiger partial charge in [0, 0.05) is 36.1 Å². The van der Waals surface area contributed by atoms with E-state index < -0.39 is 17.6 Å². The van der Waals surface area contributed by atoms with Crippen molar-refractivity contribution in [1.82, 2.24) is 4.98 Å². The lowest BCUT2D eigenvalue weighted by molar-refractivity contribution is -0.136. The van der Waals surface area contributed by atoms with Gasteiger partial charge in [0.15, 0.2) is 0 Å². The van der Waals surface area contributed by atoms with Crippen molar-refractivity contribution in [3.8, 4) is 10.6 Å². The van der Waals surface area contributed by atoms with E-state index in [1.807, 2.05) is 16.8 Å². The molecule has 4 nitrogen and oxygen atoms in total. The van der Waals surface area contributed by atoms with Crippen LogP contribution in [0.15, 0.2) is 40.4 Å². The van der Waals surface area contributed by atoms with E-state index in [1.54, 1.807) is 35.7 Å². The third kappa shape index (κ3) is 4.67. The van der Waals surface area contributed by atoms with Crippen LogP contribution >= 0.6 is 22.7 Å². The van der Waals surface area contributed by atoms with Crippen LogP contribution in [0.4, 0.5) is 24.5 Å². The molecule has 2 heterocycles. The molecule has 27 heavy (non-hydrogen) atoms. The minimum Gasteiger partial charge on any atom is -0.378 e. The maximum Gasteiger partial charge on any atom is 0.418 e. The van der Waals surface area contributed by atoms with Crippen LogP contribution in [0.2, 0.25) is 0 Å². The van der Waals surface area contributed by atoms with Gasteiger partial charge in [0.05, 0.1) is 23.4 Å². The van der Waals surface area contributed by atoms with Gasteiger partial charge in [-0.15, -0.1) is 11.3 Å². The zero-order valence-corrected chi connectivity index (χ0v) is 16.1. The van der Waals surface area contributed by atoms with Gasteiger partial charge in [0.1, 0.15) is 5.01 Å². The highest BCUT2D eigenvalue weighted by Crippen LogP contribution is 2.37. The van der Waals surface area contributed by atoms with Gasteiger partial charge in [-0.2, -0.15) is 24.5 Å². The summed E-state index contributed by atoms with van der Waals surface area (Å²) in [7, 11) is 3.31. The maximum atomic E-state index is 13.4. The van der Waals surface area contributed by atoms with Crippen LogP contribution in [-0.2, 0) is 17.4 Å². The number of thiophene rings is 1. The van der Waals surface area contributed by atoms with Gasteiger partial charge >= 0.3 is 6.18 Å². The molecule has 0 spiro atoms. The number of thiazole rings is 1. The van der Waals surface area contributed by atoms with Gasteiger partial charge in [-0.3, -0.25) is 4.79 Å². The number of nitrogens with one attached hydrogen (secondary N) is 1. The topological polar surface area (TPSA) is 45.2 Å². The van der Waals surface area contributed by atoms with Crippen LogP contribution in [0.1, 0.15) is 11.3 Å². The Morgan fingerprint density at radius 3 is 2.63 bits per heavy atom. The van der Waals surface area contributed by atoms with E-state index in [9.17, 15) is 18.0 Å². The summed E-state index contributed by atoms with van der Waals surface area (Å²) in [6, 6.07) is 5.75. The monoisotopic (exact) mass is 411 g/mol. The number of rotatable bonds is 5. The van der Waals surface area contributed by atoms with Crippen molar-refractivity contribution in [2.75, 3.05) is 24.3 Å². The molecular weight excluding hydrogens is 395 g/mol. The molecule has 0 aliphatic heterocycles. The number of halogens is 3. The van der Waals surface area contributed by atoms with Gasteiger partial charge in [0.25, 0.3) is 0 Å². The van der Waals surface area contributed by atoms with Crippen LogP contribution in [0.5, 0.6) is 0 Å². The second-order valence-corrected chi connectivity index (χ2v) is 7.64. The van der Waals surface area contributed by atoms with Crippen molar-refractivity contribution in [2.45, 2.75) is 12.6 Å². The Bertz CT molecular complexity index is 934. The molecule has 3 aromatic rings. The molecule has 1 N–H and O–H groups in total. The lowest BCUT2D eigenvalue weighted by atomic mass is 10.1. The molecule has 9 heteroatoms. The van der Waals surface area contributed by atoms with E-state index in [4.69, 9.17) is 0 Å². The zero-order chi connectivity index (χ0) is 19.6. The lowest BCUT2D eigenvalue weighted by Crippen LogP contribution is -2.19. The first-order valence-electron chi connectivity index (χ1n) is 7.89. The lowest BCUT2D eigenvalue weighted by Gasteiger charge is -2.18. The van der Waals surface area contributed by atoms with E-state index in [0.717, 1.165) is 16.6 Å². The van der Waals surface area contributed by atoms with Crippen molar-refractivity contribution in [1.29, 1.82) is 0 Å². The molecule has 0 aliphatic rings. The minimum absolute atomic E-state index is 0.0899. The molecule has 0 bridgehead atoms. The molecule has 1 aromatic carbocycles. The van der Waals surface area contributed by atoms with Gasteiger partial charge in [0.2, 0.25) is 5.91 Å². The highest BCUT2D eigenvalue weighted by atomic mass is 32.1. The summed E-state index contributed by atoms with van der Waals surface area (Å²) in [5.74, 6) is -0.541. The van der Waals surface area contributed by atoms with Crippen molar-refractivity contribution < 1.29 is 18.0 Å². The largest absolute Gasteiger partial charge is 0.418 e. The fraction of sp³-hybridized carbons (Fsp3) is 0.222. The molecule has 0 unspecified atom stereocenters. The molecule has 0 radical (unpaired) electrons. The summed E-state index contributed by atoms with van der Waals surface area (Å²) < 4.78 is 40.1. The molecule has 142 valence electrons. The molecule has 0 aliphatic carbocycles. The summed E-state index contributed by atoms with van der Waals surface area (Å²) in [6.45, 7) is 0. The summed E-state index contributed by atoms with van der Waals surface area (Å²) >= 11 is 2.94.